The van der Waals surface area contributed by atoms with E-state index in [2.05, 4.69) is 15.5 Å². The summed E-state index contributed by atoms with van der Waals surface area (Å²) in [6.07, 6.45) is 5.17. The number of anilines is 1. The number of benzene rings is 2. The van der Waals surface area contributed by atoms with Crippen LogP contribution in [0.1, 0.15) is 15.9 Å². The van der Waals surface area contributed by atoms with Gasteiger partial charge in [-0.25, -0.2) is 9.07 Å². The summed E-state index contributed by atoms with van der Waals surface area (Å²) in [5.41, 5.74) is 1.31. The standard InChI is InChI=1S/C19H12ClFN6O/c1-26-10-14(9-23-26)27-16-6-13(4-2-12(16)8-24-27)25-19(28)17-15(20)5-3-11(7-22)18(17)21/h2-6,8-10H,1H3,(H,25,28). The first-order valence-electron chi connectivity index (χ1n) is 8.14. The number of fused-ring (bicyclic) bond motifs is 1. The molecule has 1 N–H and O–H groups in total. The van der Waals surface area contributed by atoms with E-state index in [9.17, 15) is 9.18 Å². The Morgan fingerprint density at radius 3 is 2.79 bits per heavy atom. The van der Waals surface area contributed by atoms with E-state index in [0.717, 1.165) is 16.6 Å². The van der Waals surface area contributed by atoms with Gasteiger partial charge in [-0.3, -0.25) is 9.48 Å². The number of halogens is 2. The van der Waals surface area contributed by atoms with Crippen LogP contribution in [0.15, 0.2) is 48.9 Å². The van der Waals surface area contributed by atoms with Crippen LogP contribution in [-0.2, 0) is 7.05 Å². The number of aromatic nitrogens is 4. The molecule has 0 saturated heterocycles. The normalized spacial score (nSPS) is 10.8. The van der Waals surface area contributed by atoms with Gasteiger partial charge in [0.15, 0.2) is 5.82 Å². The fourth-order valence-electron chi connectivity index (χ4n) is 2.86. The van der Waals surface area contributed by atoms with Gasteiger partial charge in [-0.2, -0.15) is 15.5 Å². The SMILES string of the molecule is Cn1cc(-n2ncc3ccc(NC(=O)c4c(Cl)ccc(C#N)c4F)cc32)cn1. The summed E-state index contributed by atoms with van der Waals surface area (Å²) in [4.78, 5) is 12.6. The predicted molar refractivity (Wildman–Crippen MR) is 102 cm³/mol. The van der Waals surface area contributed by atoms with Crippen LogP contribution in [-0.4, -0.2) is 25.5 Å². The Balaban J connectivity index is 1.71. The molecule has 2 heterocycles. The lowest BCUT2D eigenvalue weighted by atomic mass is 10.1. The van der Waals surface area contributed by atoms with Crippen LogP contribution >= 0.6 is 11.6 Å². The molecule has 0 radical (unpaired) electrons. The van der Waals surface area contributed by atoms with E-state index < -0.39 is 11.7 Å². The van der Waals surface area contributed by atoms with Crippen molar-refractivity contribution in [2.24, 2.45) is 7.05 Å². The van der Waals surface area contributed by atoms with Gasteiger partial charge in [-0.05, 0) is 30.3 Å². The van der Waals surface area contributed by atoms with Crippen molar-refractivity contribution in [3.05, 3.63) is 70.9 Å². The van der Waals surface area contributed by atoms with Crippen LogP contribution in [0.5, 0.6) is 0 Å². The maximum atomic E-state index is 14.4. The first-order chi connectivity index (χ1) is 13.5. The van der Waals surface area contributed by atoms with Crippen molar-refractivity contribution in [3.63, 3.8) is 0 Å². The number of rotatable bonds is 3. The molecule has 0 aliphatic rings. The first kappa shape index (κ1) is 17.7. The first-order valence-corrected chi connectivity index (χ1v) is 8.52. The number of nitriles is 1. The third-order valence-electron chi connectivity index (χ3n) is 4.20. The molecule has 4 aromatic rings. The van der Waals surface area contributed by atoms with E-state index in [1.165, 1.54) is 12.1 Å². The zero-order valence-electron chi connectivity index (χ0n) is 14.5. The molecular formula is C19H12ClFN6O. The van der Waals surface area contributed by atoms with Crippen LogP contribution in [0.3, 0.4) is 0 Å². The number of amides is 1. The molecule has 9 heteroatoms. The highest BCUT2D eigenvalue weighted by Crippen LogP contribution is 2.25. The van der Waals surface area contributed by atoms with E-state index in [0.29, 0.717) is 5.69 Å². The highest BCUT2D eigenvalue weighted by molar-refractivity contribution is 6.34. The molecule has 0 unspecified atom stereocenters. The molecule has 0 aliphatic heterocycles. The predicted octanol–water partition coefficient (Wildman–Crippen LogP) is 3.68. The topological polar surface area (TPSA) is 88.5 Å². The lowest BCUT2D eigenvalue weighted by molar-refractivity contribution is 0.102. The fourth-order valence-corrected chi connectivity index (χ4v) is 3.09. The summed E-state index contributed by atoms with van der Waals surface area (Å²) in [7, 11) is 1.80. The van der Waals surface area contributed by atoms with Crippen LogP contribution in [0, 0.1) is 17.1 Å². The van der Waals surface area contributed by atoms with Gasteiger partial charge in [0.05, 0.1) is 40.3 Å². The van der Waals surface area contributed by atoms with E-state index in [1.807, 2.05) is 0 Å². The van der Waals surface area contributed by atoms with Crippen molar-refractivity contribution in [1.82, 2.24) is 19.6 Å². The largest absolute Gasteiger partial charge is 0.322 e. The molecule has 1 amide bonds. The molecule has 28 heavy (non-hydrogen) atoms. The lowest BCUT2D eigenvalue weighted by Gasteiger charge is -2.09. The van der Waals surface area contributed by atoms with Gasteiger partial charge in [0.25, 0.3) is 5.91 Å². The molecule has 0 bridgehead atoms. The number of nitrogens with one attached hydrogen (secondary N) is 1. The summed E-state index contributed by atoms with van der Waals surface area (Å²) >= 11 is 5.97. The Kier molecular flexibility index (Phi) is 4.29. The van der Waals surface area contributed by atoms with Crippen molar-refractivity contribution in [2.45, 2.75) is 0 Å². The monoisotopic (exact) mass is 394 g/mol. The minimum atomic E-state index is -0.950. The summed E-state index contributed by atoms with van der Waals surface area (Å²) in [5, 5.41) is 20.8. The quantitative estimate of drug-likeness (QED) is 0.574. The van der Waals surface area contributed by atoms with Gasteiger partial charge >= 0.3 is 0 Å². The maximum absolute atomic E-state index is 14.4. The molecule has 0 saturated carbocycles. The Morgan fingerprint density at radius 2 is 2.07 bits per heavy atom. The van der Waals surface area contributed by atoms with Gasteiger partial charge in [-0.15, -0.1) is 0 Å². The minimum absolute atomic E-state index is 0.0736. The maximum Gasteiger partial charge on any atom is 0.260 e. The summed E-state index contributed by atoms with van der Waals surface area (Å²) < 4.78 is 17.7. The van der Waals surface area contributed by atoms with E-state index in [4.69, 9.17) is 16.9 Å². The second-order valence-electron chi connectivity index (χ2n) is 6.05. The van der Waals surface area contributed by atoms with Crippen molar-refractivity contribution in [2.75, 3.05) is 5.32 Å². The summed E-state index contributed by atoms with van der Waals surface area (Å²) in [5.74, 6) is -1.69. The van der Waals surface area contributed by atoms with Crippen LogP contribution in [0.2, 0.25) is 5.02 Å². The number of aryl methyl sites for hydroxylation is 1. The molecule has 0 fully saturated rings. The number of hydrogen-bond donors (Lipinski definition) is 1. The highest BCUT2D eigenvalue weighted by Gasteiger charge is 2.20. The zero-order chi connectivity index (χ0) is 19.8. The number of carbonyl (C=O) groups excluding carboxylic acids is 1. The second-order valence-corrected chi connectivity index (χ2v) is 6.46. The average Bonchev–Trinajstić information content (AvgIpc) is 3.27. The van der Waals surface area contributed by atoms with Crippen molar-refractivity contribution >= 4 is 34.1 Å². The molecule has 138 valence electrons. The Morgan fingerprint density at radius 1 is 1.25 bits per heavy atom. The molecule has 2 aromatic carbocycles. The minimum Gasteiger partial charge on any atom is -0.322 e. The molecule has 2 aromatic heterocycles. The Hall–Kier alpha value is -3.70. The fraction of sp³-hybridized carbons (Fsp3) is 0.0526. The van der Waals surface area contributed by atoms with Crippen molar-refractivity contribution in [3.8, 4) is 11.8 Å². The van der Waals surface area contributed by atoms with Crippen molar-refractivity contribution in [1.29, 1.82) is 5.26 Å². The molecule has 4 rings (SSSR count). The molecule has 0 spiro atoms. The highest BCUT2D eigenvalue weighted by atomic mass is 35.5. The van der Waals surface area contributed by atoms with Gasteiger partial charge < -0.3 is 5.32 Å². The lowest BCUT2D eigenvalue weighted by Crippen LogP contribution is -2.15. The van der Waals surface area contributed by atoms with Gasteiger partial charge in [0.1, 0.15) is 11.8 Å². The van der Waals surface area contributed by atoms with Gasteiger partial charge in [-0.1, -0.05) is 11.6 Å². The van der Waals surface area contributed by atoms with E-state index in [1.54, 1.807) is 59.3 Å². The van der Waals surface area contributed by atoms with Crippen LogP contribution < -0.4 is 5.32 Å². The Bertz CT molecular complexity index is 1270. The van der Waals surface area contributed by atoms with Crippen LogP contribution in [0.4, 0.5) is 10.1 Å². The molecule has 0 atom stereocenters. The average molecular weight is 395 g/mol. The van der Waals surface area contributed by atoms with Crippen LogP contribution in [0.25, 0.3) is 16.6 Å². The zero-order valence-corrected chi connectivity index (χ0v) is 15.3. The summed E-state index contributed by atoms with van der Waals surface area (Å²) in [6.45, 7) is 0. The van der Waals surface area contributed by atoms with Gasteiger partial charge in [0.2, 0.25) is 0 Å². The third-order valence-corrected chi connectivity index (χ3v) is 4.52. The van der Waals surface area contributed by atoms with E-state index in [-0.39, 0.29) is 16.1 Å². The summed E-state index contributed by atoms with van der Waals surface area (Å²) in [6, 6.07) is 9.42. The molecular weight excluding hydrogens is 383 g/mol. The number of hydrogen-bond acceptors (Lipinski definition) is 4. The smallest absolute Gasteiger partial charge is 0.260 e. The molecule has 7 nitrogen and oxygen atoms in total. The van der Waals surface area contributed by atoms with Crippen molar-refractivity contribution < 1.29 is 9.18 Å². The molecule has 0 aliphatic carbocycles. The second kappa shape index (κ2) is 6.79. The van der Waals surface area contributed by atoms with E-state index >= 15 is 0 Å². The Labute approximate surface area is 163 Å². The number of carbonyl (C=O) groups is 1. The van der Waals surface area contributed by atoms with Gasteiger partial charge in [0, 0.05) is 18.1 Å². The third kappa shape index (κ3) is 2.98. The number of nitrogens with zero attached hydrogens (tertiary/aromatic N) is 5.